The van der Waals surface area contributed by atoms with Crippen LogP contribution >= 0.6 is 0 Å². The van der Waals surface area contributed by atoms with Gasteiger partial charge in [-0.2, -0.15) is 10.2 Å². The zero-order chi connectivity index (χ0) is 16.4. The molecule has 0 aliphatic rings. The van der Waals surface area contributed by atoms with Crippen molar-refractivity contribution in [2.24, 2.45) is 0 Å². The fourth-order valence-corrected chi connectivity index (χ4v) is 3.11. The first kappa shape index (κ1) is 15.2. The molecule has 0 aliphatic heterocycles. The maximum Gasteiger partial charge on any atom is 0.266 e. The van der Waals surface area contributed by atoms with Gasteiger partial charge in [-0.15, -0.1) is 0 Å². The summed E-state index contributed by atoms with van der Waals surface area (Å²) >= 11 is 0. The predicted octanol–water partition coefficient (Wildman–Crippen LogP) is 1.59. The summed E-state index contributed by atoms with van der Waals surface area (Å²) in [5.41, 5.74) is 0.744. The Bertz CT molecular complexity index is 914. The van der Waals surface area contributed by atoms with Gasteiger partial charge < -0.3 is 0 Å². The van der Waals surface area contributed by atoms with Gasteiger partial charge in [0.15, 0.2) is 5.82 Å². The molecule has 120 valence electrons. The van der Waals surface area contributed by atoms with E-state index in [1.807, 2.05) is 13.8 Å². The first-order valence-corrected chi connectivity index (χ1v) is 8.51. The monoisotopic (exact) mass is 332 g/mol. The quantitative estimate of drug-likeness (QED) is 0.765. The van der Waals surface area contributed by atoms with Gasteiger partial charge >= 0.3 is 0 Å². The average Bonchev–Trinajstić information content (AvgIpc) is 3.15. The molecule has 0 aromatic carbocycles. The Morgan fingerprint density at radius 1 is 1.30 bits per heavy atom. The zero-order valence-corrected chi connectivity index (χ0v) is 13.5. The van der Waals surface area contributed by atoms with E-state index >= 15 is 0 Å². The molecule has 8 nitrogen and oxygen atoms in total. The summed E-state index contributed by atoms with van der Waals surface area (Å²) in [4.78, 5) is 4.19. The second kappa shape index (κ2) is 5.84. The number of aryl methyl sites for hydroxylation is 2. The van der Waals surface area contributed by atoms with Gasteiger partial charge in [0, 0.05) is 18.8 Å². The summed E-state index contributed by atoms with van der Waals surface area (Å²) in [5, 5.41) is 8.27. The van der Waals surface area contributed by atoms with Crippen molar-refractivity contribution in [2.45, 2.75) is 25.3 Å². The van der Waals surface area contributed by atoms with Crippen LogP contribution < -0.4 is 4.72 Å². The summed E-state index contributed by atoms with van der Waals surface area (Å²) in [5.74, 6) is 0.971. The molecule has 3 aromatic heterocycles. The van der Waals surface area contributed by atoms with Crippen LogP contribution in [0.25, 0.3) is 5.82 Å². The highest BCUT2D eigenvalue weighted by Crippen LogP contribution is 2.17. The number of nitrogens with zero attached hydrogens (tertiary/aromatic N) is 5. The number of hydrogen-bond acceptors (Lipinski definition) is 5. The minimum Gasteiger partial charge on any atom is -0.263 e. The van der Waals surface area contributed by atoms with E-state index in [1.54, 1.807) is 35.1 Å². The van der Waals surface area contributed by atoms with Crippen molar-refractivity contribution in [1.82, 2.24) is 24.5 Å². The smallest absolute Gasteiger partial charge is 0.263 e. The first-order chi connectivity index (χ1) is 11.0. The standard InChI is InChI=1S/C14H16N6O2S/c1-3-19-14(8-11(2)17-19)18-23(21,22)12-9-16-20(10-12)13-6-4-5-7-15-13/h4-10,18H,3H2,1-2H3. The molecule has 0 unspecified atom stereocenters. The summed E-state index contributed by atoms with van der Waals surface area (Å²) in [6.07, 6.45) is 4.33. The lowest BCUT2D eigenvalue weighted by molar-refractivity contribution is 0.599. The van der Waals surface area contributed by atoms with E-state index in [0.717, 1.165) is 5.69 Å². The van der Waals surface area contributed by atoms with Crippen molar-refractivity contribution < 1.29 is 8.42 Å². The normalized spacial score (nSPS) is 11.6. The van der Waals surface area contributed by atoms with E-state index in [-0.39, 0.29) is 4.90 Å². The number of anilines is 1. The van der Waals surface area contributed by atoms with E-state index < -0.39 is 10.0 Å². The lowest BCUT2D eigenvalue weighted by atomic mass is 10.5. The molecule has 0 fully saturated rings. The Morgan fingerprint density at radius 2 is 2.13 bits per heavy atom. The van der Waals surface area contributed by atoms with Crippen LogP contribution in [0, 0.1) is 6.92 Å². The van der Waals surface area contributed by atoms with Gasteiger partial charge in [0.1, 0.15) is 10.7 Å². The van der Waals surface area contributed by atoms with E-state index in [2.05, 4.69) is 19.9 Å². The fourth-order valence-electron chi connectivity index (χ4n) is 2.12. The molecule has 1 N–H and O–H groups in total. The molecule has 0 aliphatic carbocycles. The highest BCUT2D eigenvalue weighted by Gasteiger charge is 2.19. The van der Waals surface area contributed by atoms with Gasteiger partial charge in [-0.05, 0) is 26.0 Å². The Labute approximate surface area is 133 Å². The second-order valence-corrected chi connectivity index (χ2v) is 6.58. The fraction of sp³-hybridized carbons (Fsp3) is 0.214. The van der Waals surface area contributed by atoms with Gasteiger partial charge in [-0.3, -0.25) is 4.72 Å². The molecular weight excluding hydrogens is 316 g/mol. The molecule has 9 heteroatoms. The number of rotatable bonds is 5. The molecule has 23 heavy (non-hydrogen) atoms. The number of hydrogen-bond donors (Lipinski definition) is 1. The van der Waals surface area contributed by atoms with Crippen molar-refractivity contribution in [3.05, 3.63) is 48.5 Å². The summed E-state index contributed by atoms with van der Waals surface area (Å²) in [6.45, 7) is 4.27. The van der Waals surface area contributed by atoms with Crippen molar-refractivity contribution in [3.63, 3.8) is 0 Å². The Morgan fingerprint density at radius 3 is 2.83 bits per heavy atom. The molecule has 0 bridgehead atoms. The third kappa shape index (κ3) is 3.09. The first-order valence-electron chi connectivity index (χ1n) is 7.03. The Kier molecular flexibility index (Phi) is 3.87. The molecule has 0 saturated carbocycles. The van der Waals surface area contributed by atoms with E-state index in [0.29, 0.717) is 18.2 Å². The summed E-state index contributed by atoms with van der Waals surface area (Å²) < 4.78 is 30.5. The van der Waals surface area contributed by atoms with Crippen molar-refractivity contribution in [2.75, 3.05) is 4.72 Å². The molecule has 0 saturated heterocycles. The van der Waals surface area contributed by atoms with Crippen LogP contribution in [0.15, 0.2) is 47.8 Å². The van der Waals surface area contributed by atoms with E-state index in [9.17, 15) is 8.42 Å². The van der Waals surface area contributed by atoms with Crippen LogP contribution in [-0.2, 0) is 16.6 Å². The molecule has 3 aromatic rings. The molecule has 3 heterocycles. The number of sulfonamides is 1. The van der Waals surface area contributed by atoms with Crippen molar-refractivity contribution in [3.8, 4) is 5.82 Å². The molecular formula is C14H16N6O2S. The SMILES string of the molecule is CCn1nc(C)cc1NS(=O)(=O)c1cnn(-c2ccccn2)c1. The van der Waals surface area contributed by atoms with Gasteiger partial charge in [-0.25, -0.2) is 22.8 Å². The van der Waals surface area contributed by atoms with Crippen LogP contribution in [-0.4, -0.2) is 33.0 Å². The van der Waals surface area contributed by atoms with E-state index in [4.69, 9.17) is 0 Å². The number of pyridine rings is 1. The second-order valence-electron chi connectivity index (χ2n) is 4.90. The van der Waals surface area contributed by atoms with Gasteiger partial charge in [0.25, 0.3) is 10.0 Å². The third-order valence-electron chi connectivity index (χ3n) is 3.19. The van der Waals surface area contributed by atoms with Crippen LogP contribution in [0.5, 0.6) is 0 Å². The van der Waals surface area contributed by atoms with Gasteiger partial charge in [0.05, 0.1) is 18.1 Å². The number of aromatic nitrogens is 5. The largest absolute Gasteiger partial charge is 0.266 e. The molecule has 0 amide bonds. The van der Waals surface area contributed by atoms with Gasteiger partial charge in [-0.1, -0.05) is 6.07 Å². The van der Waals surface area contributed by atoms with Gasteiger partial charge in [0.2, 0.25) is 0 Å². The predicted molar refractivity (Wildman–Crippen MR) is 84.8 cm³/mol. The van der Waals surface area contributed by atoms with Crippen LogP contribution in [0.3, 0.4) is 0 Å². The minimum absolute atomic E-state index is 0.0599. The minimum atomic E-state index is -3.74. The van der Waals surface area contributed by atoms with Crippen LogP contribution in [0.2, 0.25) is 0 Å². The molecule has 0 radical (unpaired) electrons. The average molecular weight is 332 g/mol. The number of nitrogens with one attached hydrogen (secondary N) is 1. The van der Waals surface area contributed by atoms with Crippen molar-refractivity contribution in [1.29, 1.82) is 0 Å². The molecule has 0 spiro atoms. The lowest BCUT2D eigenvalue weighted by Crippen LogP contribution is -2.15. The lowest BCUT2D eigenvalue weighted by Gasteiger charge is -2.07. The molecule has 3 rings (SSSR count). The summed E-state index contributed by atoms with van der Waals surface area (Å²) in [7, 11) is -3.74. The van der Waals surface area contributed by atoms with Crippen molar-refractivity contribution >= 4 is 15.8 Å². The maximum absolute atomic E-state index is 12.5. The van der Waals surface area contributed by atoms with Crippen LogP contribution in [0.4, 0.5) is 5.82 Å². The zero-order valence-electron chi connectivity index (χ0n) is 12.7. The summed E-state index contributed by atoms with van der Waals surface area (Å²) in [6, 6.07) is 7.01. The highest BCUT2D eigenvalue weighted by molar-refractivity contribution is 7.92. The molecule has 0 atom stereocenters. The maximum atomic E-state index is 12.5. The highest BCUT2D eigenvalue weighted by atomic mass is 32.2. The van der Waals surface area contributed by atoms with Crippen LogP contribution in [0.1, 0.15) is 12.6 Å². The van der Waals surface area contributed by atoms with E-state index in [1.165, 1.54) is 17.1 Å². The Balaban J connectivity index is 1.90. The topological polar surface area (TPSA) is 94.7 Å². The Hall–Kier alpha value is -2.68. The third-order valence-corrected chi connectivity index (χ3v) is 4.50.